The first-order valence-electron chi connectivity index (χ1n) is 9.73. The molecule has 2 heterocycles. The van der Waals surface area contributed by atoms with Crippen LogP contribution in [0.3, 0.4) is 0 Å². The smallest absolute Gasteiger partial charge is 0.338 e. The first-order valence-corrected chi connectivity index (χ1v) is 11.2. The Morgan fingerprint density at radius 1 is 1.16 bits per heavy atom. The van der Waals surface area contributed by atoms with Crippen LogP contribution in [0.5, 0.6) is 0 Å². The van der Waals surface area contributed by atoms with E-state index in [0.717, 1.165) is 0 Å². The Morgan fingerprint density at radius 3 is 2.68 bits per heavy atom. The zero-order valence-corrected chi connectivity index (χ0v) is 17.8. The van der Waals surface area contributed by atoms with Gasteiger partial charge < -0.3 is 15.2 Å². The van der Waals surface area contributed by atoms with Gasteiger partial charge in [-0.05, 0) is 36.8 Å². The summed E-state index contributed by atoms with van der Waals surface area (Å²) in [6.07, 6.45) is 0. The predicted octanol–water partition coefficient (Wildman–Crippen LogP) is 1.90. The fourth-order valence-electron chi connectivity index (χ4n) is 3.36. The van der Waals surface area contributed by atoms with Crippen LogP contribution in [0.15, 0.2) is 47.4 Å². The van der Waals surface area contributed by atoms with Crippen molar-refractivity contribution in [2.75, 3.05) is 32.0 Å². The minimum atomic E-state index is -3.74. The van der Waals surface area contributed by atoms with Crippen LogP contribution >= 0.6 is 0 Å². The molecular formula is C21H22N4O5S. The molecule has 1 aliphatic rings. The van der Waals surface area contributed by atoms with Crippen molar-refractivity contribution in [1.29, 1.82) is 0 Å². The number of esters is 1. The van der Waals surface area contributed by atoms with Crippen molar-refractivity contribution in [3.8, 4) is 0 Å². The normalized spacial score (nSPS) is 15.1. The van der Waals surface area contributed by atoms with Gasteiger partial charge in [-0.2, -0.15) is 4.31 Å². The molecule has 0 spiro atoms. The van der Waals surface area contributed by atoms with E-state index in [9.17, 15) is 13.2 Å². The summed E-state index contributed by atoms with van der Waals surface area (Å²) in [5.41, 5.74) is 7.29. The molecule has 10 heteroatoms. The number of rotatable bonds is 5. The van der Waals surface area contributed by atoms with Gasteiger partial charge in [0.25, 0.3) is 0 Å². The Bertz CT molecular complexity index is 1240. The number of para-hydroxylation sites is 1. The Labute approximate surface area is 179 Å². The van der Waals surface area contributed by atoms with Crippen LogP contribution in [-0.2, 0) is 26.1 Å². The number of aromatic nitrogens is 2. The molecule has 0 saturated carbocycles. The highest BCUT2D eigenvalue weighted by atomic mass is 32.2. The Hall–Kier alpha value is -3.08. The lowest BCUT2D eigenvalue weighted by atomic mass is 10.1. The van der Waals surface area contributed by atoms with Gasteiger partial charge in [-0.1, -0.05) is 18.2 Å². The van der Waals surface area contributed by atoms with E-state index in [1.807, 2.05) is 18.2 Å². The molecule has 9 nitrogen and oxygen atoms in total. The highest BCUT2D eigenvalue weighted by Crippen LogP contribution is 2.23. The van der Waals surface area contributed by atoms with Crippen LogP contribution in [-0.4, -0.2) is 55.0 Å². The number of nitrogens with zero attached hydrogens (tertiary/aromatic N) is 3. The minimum Gasteiger partial charge on any atom is -0.454 e. The second-order valence-electron chi connectivity index (χ2n) is 7.12. The maximum absolute atomic E-state index is 13.0. The summed E-state index contributed by atoms with van der Waals surface area (Å²) in [4.78, 5) is 21.2. The van der Waals surface area contributed by atoms with Crippen molar-refractivity contribution in [3.05, 3.63) is 59.4 Å². The third-order valence-electron chi connectivity index (χ3n) is 5.02. The van der Waals surface area contributed by atoms with Gasteiger partial charge in [0.05, 0.1) is 29.2 Å². The molecule has 1 aliphatic heterocycles. The number of carbonyl (C=O) groups excluding carboxylic acids is 1. The zero-order valence-electron chi connectivity index (χ0n) is 16.9. The first kappa shape index (κ1) is 21.2. The summed E-state index contributed by atoms with van der Waals surface area (Å²) >= 11 is 0. The molecule has 3 aromatic rings. The van der Waals surface area contributed by atoms with Crippen molar-refractivity contribution >= 4 is 32.7 Å². The highest BCUT2D eigenvalue weighted by Gasteiger charge is 2.28. The zero-order chi connectivity index (χ0) is 22.0. The maximum atomic E-state index is 13.0. The second-order valence-corrected chi connectivity index (χ2v) is 9.02. The molecule has 0 unspecified atom stereocenters. The third-order valence-corrected chi connectivity index (χ3v) is 7.06. The monoisotopic (exact) mass is 442 g/mol. The molecule has 0 aliphatic carbocycles. The number of fused-ring (bicyclic) bond motifs is 1. The summed E-state index contributed by atoms with van der Waals surface area (Å²) in [6.45, 7) is 2.74. The SMILES string of the molecule is Cc1ccc(C(=O)OCc2nc(N)c3ccccc3n2)cc1S(=O)(=O)N1CCOCC1. The lowest BCUT2D eigenvalue weighted by Crippen LogP contribution is -2.40. The molecule has 0 atom stereocenters. The lowest BCUT2D eigenvalue weighted by molar-refractivity contribution is 0.0462. The van der Waals surface area contributed by atoms with Gasteiger partial charge in [-0.25, -0.2) is 23.2 Å². The Kier molecular flexibility index (Phi) is 5.86. The van der Waals surface area contributed by atoms with Gasteiger partial charge in [-0.15, -0.1) is 0 Å². The number of carbonyl (C=O) groups is 1. The van der Waals surface area contributed by atoms with Crippen LogP contribution in [0.2, 0.25) is 0 Å². The van der Waals surface area contributed by atoms with E-state index < -0.39 is 16.0 Å². The average Bonchev–Trinajstić information content (AvgIpc) is 2.78. The number of hydrogen-bond acceptors (Lipinski definition) is 8. The molecule has 1 fully saturated rings. The van der Waals surface area contributed by atoms with E-state index in [-0.39, 0.29) is 36.0 Å². The molecule has 1 aromatic heterocycles. The number of ether oxygens (including phenoxy) is 2. The number of benzene rings is 2. The van der Waals surface area contributed by atoms with Crippen molar-refractivity contribution < 1.29 is 22.7 Å². The van der Waals surface area contributed by atoms with Gasteiger partial charge in [0.2, 0.25) is 10.0 Å². The molecule has 1 saturated heterocycles. The van der Waals surface area contributed by atoms with Crippen molar-refractivity contribution in [2.45, 2.75) is 18.4 Å². The van der Waals surface area contributed by atoms with Crippen LogP contribution in [0.4, 0.5) is 5.82 Å². The van der Waals surface area contributed by atoms with Gasteiger partial charge >= 0.3 is 5.97 Å². The number of hydrogen-bond donors (Lipinski definition) is 1. The quantitative estimate of drug-likeness (QED) is 0.594. The van der Waals surface area contributed by atoms with Gasteiger partial charge in [-0.3, -0.25) is 0 Å². The van der Waals surface area contributed by atoms with Crippen molar-refractivity contribution in [1.82, 2.24) is 14.3 Å². The van der Waals surface area contributed by atoms with E-state index in [1.165, 1.54) is 16.4 Å². The fraction of sp³-hybridized carbons (Fsp3) is 0.286. The van der Waals surface area contributed by atoms with Crippen LogP contribution < -0.4 is 5.73 Å². The number of sulfonamides is 1. The second kappa shape index (κ2) is 8.58. The largest absolute Gasteiger partial charge is 0.454 e. The number of aryl methyl sites for hydroxylation is 1. The van der Waals surface area contributed by atoms with Gasteiger partial charge in [0.15, 0.2) is 12.4 Å². The molecule has 2 N–H and O–H groups in total. The van der Waals surface area contributed by atoms with Gasteiger partial charge in [0, 0.05) is 18.5 Å². The maximum Gasteiger partial charge on any atom is 0.338 e. The molecule has 162 valence electrons. The molecule has 4 rings (SSSR count). The molecule has 0 bridgehead atoms. The molecule has 2 aromatic carbocycles. The van der Waals surface area contributed by atoms with Gasteiger partial charge in [0.1, 0.15) is 5.82 Å². The van der Waals surface area contributed by atoms with E-state index >= 15 is 0 Å². The van der Waals surface area contributed by atoms with E-state index in [1.54, 1.807) is 19.1 Å². The van der Waals surface area contributed by atoms with Crippen molar-refractivity contribution in [2.24, 2.45) is 0 Å². The van der Waals surface area contributed by atoms with Crippen LogP contribution in [0.1, 0.15) is 21.7 Å². The highest BCUT2D eigenvalue weighted by molar-refractivity contribution is 7.89. The number of nitrogen functional groups attached to an aromatic ring is 1. The van der Waals surface area contributed by atoms with Crippen LogP contribution in [0, 0.1) is 6.92 Å². The topological polar surface area (TPSA) is 125 Å². The average molecular weight is 442 g/mol. The summed E-state index contributed by atoms with van der Waals surface area (Å²) in [5, 5.41) is 0.717. The van der Waals surface area contributed by atoms with E-state index in [0.29, 0.717) is 35.5 Å². The lowest BCUT2D eigenvalue weighted by Gasteiger charge is -2.26. The number of morpholine rings is 1. The van der Waals surface area contributed by atoms with Crippen LogP contribution in [0.25, 0.3) is 10.9 Å². The Morgan fingerprint density at radius 2 is 1.90 bits per heavy atom. The summed E-state index contributed by atoms with van der Waals surface area (Å²) in [7, 11) is -3.74. The number of nitrogens with two attached hydrogens (primary N) is 1. The predicted molar refractivity (Wildman–Crippen MR) is 114 cm³/mol. The third kappa shape index (κ3) is 4.36. The van der Waals surface area contributed by atoms with E-state index in [2.05, 4.69) is 9.97 Å². The molecular weight excluding hydrogens is 420 g/mol. The first-order chi connectivity index (χ1) is 14.9. The molecule has 0 amide bonds. The summed E-state index contributed by atoms with van der Waals surface area (Å²) in [5.74, 6) is -0.113. The number of anilines is 1. The summed E-state index contributed by atoms with van der Waals surface area (Å²) in [6, 6.07) is 11.7. The standard InChI is InChI=1S/C21H22N4O5S/c1-14-6-7-15(12-18(14)31(27,28)25-8-10-29-11-9-25)21(26)30-13-19-23-17-5-3-2-4-16(17)20(22)24-19/h2-7,12H,8-11,13H2,1H3,(H2,22,23,24). The minimum absolute atomic E-state index is 0.0787. The Balaban J connectivity index is 1.53. The van der Waals surface area contributed by atoms with E-state index in [4.69, 9.17) is 15.2 Å². The molecule has 0 radical (unpaired) electrons. The fourth-order valence-corrected chi connectivity index (χ4v) is 5.02. The van der Waals surface area contributed by atoms with Crippen molar-refractivity contribution in [3.63, 3.8) is 0 Å². The molecule has 31 heavy (non-hydrogen) atoms. The summed E-state index contributed by atoms with van der Waals surface area (Å²) < 4.78 is 37.9.